The van der Waals surface area contributed by atoms with Gasteiger partial charge in [0.25, 0.3) is 5.91 Å². The van der Waals surface area contributed by atoms with Gasteiger partial charge in [-0.3, -0.25) is 18.7 Å². The highest BCUT2D eigenvalue weighted by atomic mass is 33.1. The number of nitrogens with one attached hydrogen (secondary N) is 2. The van der Waals surface area contributed by atoms with Gasteiger partial charge in [-0.25, -0.2) is 28.6 Å². The van der Waals surface area contributed by atoms with Gasteiger partial charge in [0.1, 0.15) is 30.1 Å². The number of phosphoric ester groups is 1. The normalized spacial score (nSPS) is 19.7. The number of hydrogen-bond donors (Lipinski definition) is 9. The van der Waals surface area contributed by atoms with E-state index in [4.69, 9.17) is 39.6 Å². The van der Waals surface area contributed by atoms with E-state index < -0.39 is 60.4 Å². The van der Waals surface area contributed by atoms with Crippen molar-refractivity contribution in [3.05, 3.63) is 42.5 Å². The van der Waals surface area contributed by atoms with Crippen LogP contribution in [0.5, 0.6) is 0 Å². The van der Waals surface area contributed by atoms with Crippen LogP contribution in [0.15, 0.2) is 36.9 Å². The molecule has 1 aliphatic heterocycles. The molecule has 56 heavy (non-hydrogen) atoms. The number of anilines is 1. The minimum atomic E-state index is -5.74. The number of ether oxygens (including phenoxy) is 2. The van der Waals surface area contributed by atoms with Crippen molar-refractivity contribution < 1.29 is 75.5 Å². The number of hydrogen-bond acceptors (Lipinski definition) is 18. The average molecular weight is 888 g/mol. The minimum absolute atomic E-state index is 0.0631. The summed E-state index contributed by atoms with van der Waals surface area (Å²) in [6.45, 7) is 3.73. The molecule has 10 N–H and O–H groups in total. The Labute approximate surface area is 327 Å². The first kappa shape index (κ1) is 46.2. The molecule has 0 spiro atoms. The van der Waals surface area contributed by atoms with Crippen molar-refractivity contribution in [2.45, 2.75) is 62.7 Å². The van der Waals surface area contributed by atoms with Crippen molar-refractivity contribution in [1.29, 1.82) is 0 Å². The monoisotopic (exact) mass is 887 g/mol. The van der Waals surface area contributed by atoms with Gasteiger partial charge in [0.05, 0.1) is 19.0 Å². The molecule has 5 atom stereocenters. The number of phosphoric acid groups is 3. The zero-order valence-electron chi connectivity index (χ0n) is 29.7. The predicted octanol–water partition coefficient (Wildman–Crippen LogP) is 0.938. The van der Waals surface area contributed by atoms with Gasteiger partial charge in [0, 0.05) is 36.2 Å². The second-order valence-corrected chi connectivity index (χ2v) is 20.0. The van der Waals surface area contributed by atoms with Crippen LogP contribution in [0.3, 0.4) is 0 Å². The topological polar surface area (TPSA) is 347 Å². The fourth-order valence-corrected chi connectivity index (χ4v) is 10.2. The maximum atomic E-state index is 12.5. The Balaban J connectivity index is 1.23. The van der Waals surface area contributed by atoms with E-state index in [0.29, 0.717) is 42.7 Å². The van der Waals surface area contributed by atoms with Crippen LogP contribution in [0.25, 0.3) is 11.2 Å². The van der Waals surface area contributed by atoms with E-state index >= 15 is 0 Å². The van der Waals surface area contributed by atoms with Crippen LogP contribution in [0.2, 0.25) is 0 Å². The van der Waals surface area contributed by atoms with Gasteiger partial charge in [-0.1, -0.05) is 33.7 Å². The molecule has 2 amide bonds. The van der Waals surface area contributed by atoms with E-state index in [-0.39, 0.29) is 41.9 Å². The largest absolute Gasteiger partial charge is 0.490 e. The van der Waals surface area contributed by atoms with Gasteiger partial charge >= 0.3 is 30.6 Å². The molecule has 3 heterocycles. The van der Waals surface area contributed by atoms with Gasteiger partial charge in [0.2, 0.25) is 5.91 Å². The highest BCUT2D eigenvalue weighted by Gasteiger charge is 2.44. The molecule has 1 saturated heterocycles. The third-order valence-corrected chi connectivity index (χ3v) is 14.4. The molecule has 1 aromatic carbocycles. The predicted molar refractivity (Wildman–Crippen MR) is 203 cm³/mol. The van der Waals surface area contributed by atoms with Crippen molar-refractivity contribution in [1.82, 2.24) is 30.2 Å². The molecule has 29 heteroatoms. The third-order valence-electron chi connectivity index (χ3n) is 7.61. The molecular weight excluding hydrogens is 846 g/mol. The Bertz CT molecular complexity index is 1960. The van der Waals surface area contributed by atoms with Crippen molar-refractivity contribution in [3.8, 4) is 0 Å². The summed E-state index contributed by atoms with van der Waals surface area (Å²) >= 11 is 0. The third kappa shape index (κ3) is 14.7. The highest BCUT2D eigenvalue weighted by molar-refractivity contribution is 8.77. The van der Waals surface area contributed by atoms with Crippen LogP contribution in [0.1, 0.15) is 56.1 Å². The Morgan fingerprint density at radius 1 is 1.04 bits per heavy atom. The molecule has 310 valence electrons. The molecule has 1 aliphatic rings. The molecule has 23 nitrogen and oxygen atoms in total. The number of aromatic nitrogens is 4. The molecule has 0 aliphatic carbocycles. The standard InChI is InChI=1S/C27H41BN7O16P3S2/c1-27(2,13-31-21(36)5-3-4-10-30-26(37)17-6-8-18(9-7-17)28(38)39)56-55-16-47-19-11-22(35-15-34-23-24(29)32-14-33-25(23)35)49-20(19)12-48-53(43,44)51-54(45,46)50-52(40,41)42/h6-9,14-15,19-20,22,38-39H,3-5,10-13,16H2,1-2H3,(H,30,37)(H,31,36)(H,43,44)(H,45,46)(H2,29,32,33)(H2,40,41,42)/t19-,20?,22-/m1/s1. The van der Waals surface area contributed by atoms with Gasteiger partial charge in [-0.2, -0.15) is 8.62 Å². The number of carbonyl (C=O) groups excluding carboxylic acids is 2. The lowest BCUT2D eigenvalue weighted by atomic mass is 9.80. The fraction of sp³-hybridized carbons (Fsp3) is 0.519. The van der Waals surface area contributed by atoms with Gasteiger partial charge in [0.15, 0.2) is 11.5 Å². The number of rotatable bonds is 22. The summed E-state index contributed by atoms with van der Waals surface area (Å²) < 4.78 is 60.7. The molecule has 0 saturated carbocycles. The number of amides is 2. The average Bonchev–Trinajstić information content (AvgIpc) is 3.71. The first-order valence-electron chi connectivity index (χ1n) is 16.4. The number of nitrogens with zero attached hydrogens (tertiary/aromatic N) is 4. The number of nitrogen functional groups attached to an aromatic ring is 1. The van der Waals surface area contributed by atoms with E-state index in [9.17, 15) is 33.1 Å². The SMILES string of the molecule is CC(C)(CNC(=O)CCCCNC(=O)c1ccc(B(O)O)cc1)SSCO[C@@H]1C[C@H](n2cnc3c(N)ncnc32)OC1COP(=O)(O)OP(=O)(O)OP(=O)(O)O. The second kappa shape index (κ2) is 20.0. The number of fused-ring (bicyclic) bond motifs is 1. The first-order chi connectivity index (χ1) is 26.1. The fourth-order valence-electron chi connectivity index (χ4n) is 5.00. The number of imidazole rings is 1. The Morgan fingerprint density at radius 2 is 1.75 bits per heavy atom. The van der Waals surface area contributed by atoms with Crippen LogP contribution < -0.4 is 21.8 Å². The number of benzene rings is 1. The lowest BCUT2D eigenvalue weighted by Crippen LogP contribution is -2.36. The van der Waals surface area contributed by atoms with E-state index in [1.54, 1.807) is 0 Å². The maximum absolute atomic E-state index is 12.5. The molecule has 3 aromatic rings. The Morgan fingerprint density at radius 3 is 2.43 bits per heavy atom. The molecule has 3 unspecified atom stereocenters. The summed E-state index contributed by atoms with van der Waals surface area (Å²) in [5.74, 6) is -0.312. The molecule has 1 fully saturated rings. The van der Waals surface area contributed by atoms with Gasteiger partial charge < -0.3 is 55.5 Å². The van der Waals surface area contributed by atoms with Crippen LogP contribution in [-0.2, 0) is 41.1 Å². The summed E-state index contributed by atoms with van der Waals surface area (Å²) in [7, 11) is -15.7. The maximum Gasteiger partial charge on any atom is 0.490 e. The van der Waals surface area contributed by atoms with Crippen molar-refractivity contribution in [2.75, 3.05) is 31.4 Å². The zero-order chi connectivity index (χ0) is 41.3. The first-order valence-corrected chi connectivity index (χ1v) is 23.3. The van der Waals surface area contributed by atoms with E-state index in [1.807, 2.05) is 13.8 Å². The number of carbonyl (C=O) groups is 2. The number of nitrogens with two attached hydrogens (primary N) is 1. The molecule has 2 aromatic heterocycles. The van der Waals surface area contributed by atoms with E-state index in [1.165, 1.54) is 63.1 Å². The van der Waals surface area contributed by atoms with E-state index in [2.05, 4.69) is 34.2 Å². The molecular formula is C27H41BN7O16P3S2. The highest BCUT2D eigenvalue weighted by Crippen LogP contribution is 2.66. The minimum Gasteiger partial charge on any atom is -0.423 e. The second-order valence-electron chi connectivity index (χ2n) is 12.6. The Kier molecular flexibility index (Phi) is 16.5. The summed E-state index contributed by atoms with van der Waals surface area (Å²) in [5, 5.41) is 24.0. The quantitative estimate of drug-likeness (QED) is 0.0223. The van der Waals surface area contributed by atoms with Crippen molar-refractivity contribution in [3.63, 3.8) is 0 Å². The van der Waals surface area contributed by atoms with E-state index in [0.717, 1.165) is 0 Å². The number of unbranched alkanes of at least 4 members (excludes halogenated alkanes) is 1. The van der Waals surface area contributed by atoms with Crippen LogP contribution in [0.4, 0.5) is 5.82 Å². The molecule has 0 radical (unpaired) electrons. The lowest BCUT2D eigenvalue weighted by Gasteiger charge is -2.24. The summed E-state index contributed by atoms with van der Waals surface area (Å²) in [6, 6.07) is 5.86. The smallest absolute Gasteiger partial charge is 0.423 e. The van der Waals surface area contributed by atoms with Crippen LogP contribution in [-0.4, -0.2) is 111 Å². The molecule has 4 rings (SSSR count). The summed E-state index contributed by atoms with van der Waals surface area (Å²) in [6.07, 6.45) is 1.37. The Hall–Kier alpha value is -2.48. The van der Waals surface area contributed by atoms with Gasteiger partial charge in [-0.05, 0) is 44.3 Å². The van der Waals surface area contributed by atoms with Crippen LogP contribution >= 0.6 is 45.1 Å². The summed E-state index contributed by atoms with van der Waals surface area (Å²) in [5.41, 5.74) is 7.14. The summed E-state index contributed by atoms with van der Waals surface area (Å²) in [4.78, 5) is 74.1. The zero-order valence-corrected chi connectivity index (χ0v) is 34.0. The van der Waals surface area contributed by atoms with Crippen molar-refractivity contribution >= 4 is 86.4 Å². The lowest BCUT2D eigenvalue weighted by molar-refractivity contribution is -0.121. The van der Waals surface area contributed by atoms with Crippen LogP contribution in [0, 0.1) is 0 Å². The van der Waals surface area contributed by atoms with Crippen molar-refractivity contribution in [2.24, 2.45) is 0 Å². The molecule has 0 bridgehead atoms. The van der Waals surface area contributed by atoms with Gasteiger partial charge in [-0.15, -0.1) is 0 Å².